The smallest absolute Gasteiger partial charge is 0.243 e. The van der Waals surface area contributed by atoms with E-state index in [9.17, 15) is 13.2 Å². The van der Waals surface area contributed by atoms with E-state index in [-0.39, 0.29) is 11.4 Å². The molecule has 0 fully saturated rings. The number of sulfonamides is 1. The number of methoxy groups -OCH3 is 2. The molecule has 0 unspecified atom stereocenters. The number of hydrogen-bond acceptors (Lipinski definition) is 5. The van der Waals surface area contributed by atoms with Crippen LogP contribution in [0.4, 0.5) is 0 Å². The minimum Gasteiger partial charge on any atom is -0.493 e. The molecule has 0 bridgehead atoms. The molecule has 3 rings (SSSR count). The molecule has 0 heterocycles. The Bertz CT molecular complexity index is 1340. The fourth-order valence-electron chi connectivity index (χ4n) is 3.48. The summed E-state index contributed by atoms with van der Waals surface area (Å²) in [5.41, 5.74) is 1.36. The lowest BCUT2D eigenvalue weighted by Crippen LogP contribution is -2.41. The second-order valence-electron chi connectivity index (χ2n) is 7.88. The van der Waals surface area contributed by atoms with Gasteiger partial charge in [0.2, 0.25) is 15.9 Å². The Labute approximate surface area is 229 Å². The molecule has 7 nitrogen and oxygen atoms in total. The Morgan fingerprint density at radius 2 is 1.64 bits per heavy atom. The van der Waals surface area contributed by atoms with Crippen molar-refractivity contribution in [2.45, 2.75) is 24.4 Å². The number of nitrogens with one attached hydrogen (secondary N) is 1. The van der Waals surface area contributed by atoms with Gasteiger partial charge in [0.15, 0.2) is 11.5 Å². The molecule has 11 heteroatoms. The highest BCUT2D eigenvalue weighted by Gasteiger charge is 2.28. The molecule has 192 valence electrons. The van der Waals surface area contributed by atoms with Crippen LogP contribution in [0.15, 0.2) is 70.0 Å². The molecule has 0 aliphatic rings. The van der Waals surface area contributed by atoms with Crippen LogP contribution in [0.1, 0.15) is 24.1 Å². The second kappa shape index (κ2) is 12.3. The number of amides is 1. The Morgan fingerprint density at radius 1 is 0.972 bits per heavy atom. The Balaban J connectivity index is 1.85. The first kappa shape index (κ1) is 28.3. The van der Waals surface area contributed by atoms with E-state index in [0.29, 0.717) is 27.1 Å². The fraction of sp³-hybridized carbons (Fsp3) is 0.240. The first-order chi connectivity index (χ1) is 17.0. The summed E-state index contributed by atoms with van der Waals surface area (Å²) in [5, 5.41) is 3.50. The summed E-state index contributed by atoms with van der Waals surface area (Å²) in [6.45, 7) is 1.31. The van der Waals surface area contributed by atoms with Gasteiger partial charge >= 0.3 is 0 Å². The quantitative estimate of drug-likeness (QED) is 0.310. The zero-order chi connectivity index (χ0) is 26.5. The molecule has 3 aromatic carbocycles. The van der Waals surface area contributed by atoms with Gasteiger partial charge in [0.05, 0.1) is 41.7 Å². The van der Waals surface area contributed by atoms with Crippen LogP contribution in [0.3, 0.4) is 0 Å². The van der Waals surface area contributed by atoms with Gasteiger partial charge in [-0.3, -0.25) is 4.79 Å². The summed E-state index contributed by atoms with van der Waals surface area (Å²) < 4.78 is 39.4. The van der Waals surface area contributed by atoms with Crippen molar-refractivity contribution in [3.8, 4) is 11.5 Å². The highest BCUT2D eigenvalue weighted by Crippen LogP contribution is 2.30. The molecular formula is C25H25BrCl2N2O5S. The number of carbonyl (C=O) groups excluding carboxylic acids is 1. The van der Waals surface area contributed by atoms with Crippen molar-refractivity contribution < 1.29 is 22.7 Å². The van der Waals surface area contributed by atoms with Crippen LogP contribution in [-0.2, 0) is 21.4 Å². The molecular weight excluding hydrogens is 591 g/mol. The second-order valence-corrected chi connectivity index (χ2v) is 11.5. The van der Waals surface area contributed by atoms with Crippen LogP contribution in [0.5, 0.6) is 11.5 Å². The van der Waals surface area contributed by atoms with Gasteiger partial charge in [0, 0.05) is 11.0 Å². The van der Waals surface area contributed by atoms with Gasteiger partial charge in [-0.2, -0.15) is 4.31 Å². The standard InChI is InChI=1S/C25H25BrCl2N2O5S/c1-16(18-5-11-23(34-2)24(13-18)35-3)29-25(31)15-30(14-17-4-10-21(27)22(28)12-17)36(32,33)20-8-6-19(26)7-9-20/h4-13,16H,14-15H2,1-3H3,(H,29,31)/t16-/m0/s1. The van der Waals surface area contributed by atoms with Crippen molar-refractivity contribution in [2.75, 3.05) is 20.8 Å². The fourth-order valence-corrected chi connectivity index (χ4v) is 5.45. The van der Waals surface area contributed by atoms with Crippen LogP contribution < -0.4 is 14.8 Å². The third-order valence-corrected chi connectivity index (χ3v) is 8.47. The average molecular weight is 616 g/mol. The molecule has 0 aromatic heterocycles. The lowest BCUT2D eigenvalue weighted by atomic mass is 10.1. The first-order valence-corrected chi connectivity index (χ1v) is 13.7. The van der Waals surface area contributed by atoms with Crippen molar-refractivity contribution in [2.24, 2.45) is 0 Å². The van der Waals surface area contributed by atoms with Crippen LogP contribution in [0, 0.1) is 0 Å². The Morgan fingerprint density at radius 3 is 2.25 bits per heavy atom. The maximum atomic E-state index is 13.5. The van der Waals surface area contributed by atoms with Crippen LogP contribution in [0.25, 0.3) is 0 Å². The summed E-state index contributed by atoms with van der Waals surface area (Å²) in [4.78, 5) is 13.1. The van der Waals surface area contributed by atoms with Gasteiger partial charge in [-0.15, -0.1) is 0 Å². The number of carbonyl (C=O) groups is 1. The number of rotatable bonds is 10. The van der Waals surface area contributed by atoms with Crippen LogP contribution >= 0.6 is 39.1 Å². The van der Waals surface area contributed by atoms with Gasteiger partial charge < -0.3 is 14.8 Å². The first-order valence-electron chi connectivity index (χ1n) is 10.8. The van der Waals surface area contributed by atoms with E-state index in [1.807, 2.05) is 0 Å². The molecule has 1 atom stereocenters. The summed E-state index contributed by atoms with van der Waals surface area (Å²) >= 11 is 15.5. The highest BCUT2D eigenvalue weighted by molar-refractivity contribution is 9.10. The SMILES string of the molecule is COc1ccc([C@H](C)NC(=O)CN(Cc2ccc(Cl)c(Cl)c2)S(=O)(=O)c2ccc(Br)cc2)cc1OC. The molecule has 0 saturated heterocycles. The third kappa shape index (κ3) is 6.92. The largest absolute Gasteiger partial charge is 0.493 e. The number of halogens is 3. The zero-order valence-corrected chi connectivity index (χ0v) is 23.7. The lowest BCUT2D eigenvalue weighted by molar-refractivity contribution is -0.122. The van der Waals surface area contributed by atoms with Gasteiger partial charge in [-0.25, -0.2) is 8.42 Å². The van der Waals surface area contributed by atoms with E-state index in [4.69, 9.17) is 32.7 Å². The molecule has 36 heavy (non-hydrogen) atoms. The molecule has 0 spiro atoms. The number of nitrogens with zero attached hydrogens (tertiary/aromatic N) is 1. The Kier molecular flexibility index (Phi) is 9.66. The number of benzene rings is 3. The molecule has 1 N–H and O–H groups in total. The molecule has 0 aliphatic heterocycles. The minimum absolute atomic E-state index is 0.0616. The van der Waals surface area contributed by atoms with E-state index in [1.54, 1.807) is 55.5 Å². The van der Waals surface area contributed by atoms with E-state index in [2.05, 4.69) is 21.2 Å². The topological polar surface area (TPSA) is 84.9 Å². The predicted molar refractivity (Wildman–Crippen MR) is 144 cm³/mol. The summed E-state index contributed by atoms with van der Waals surface area (Å²) in [7, 11) is -0.950. The van der Waals surface area contributed by atoms with Gasteiger partial charge in [0.1, 0.15) is 0 Å². The lowest BCUT2D eigenvalue weighted by Gasteiger charge is -2.24. The highest BCUT2D eigenvalue weighted by atomic mass is 79.9. The minimum atomic E-state index is -4.02. The molecule has 1 amide bonds. The molecule has 0 aliphatic carbocycles. The van der Waals surface area contributed by atoms with Gasteiger partial charge in [-0.05, 0) is 66.6 Å². The Hall–Kier alpha value is -2.30. The van der Waals surface area contributed by atoms with Gasteiger partial charge in [0.25, 0.3) is 0 Å². The number of ether oxygens (including phenoxy) is 2. The van der Waals surface area contributed by atoms with E-state index >= 15 is 0 Å². The van der Waals surface area contributed by atoms with Crippen molar-refractivity contribution >= 4 is 55.1 Å². The monoisotopic (exact) mass is 614 g/mol. The molecule has 0 radical (unpaired) electrons. The molecule has 3 aromatic rings. The van der Waals surface area contributed by atoms with Crippen LogP contribution in [0.2, 0.25) is 10.0 Å². The van der Waals surface area contributed by atoms with Crippen LogP contribution in [-0.4, -0.2) is 39.4 Å². The number of hydrogen-bond donors (Lipinski definition) is 1. The van der Waals surface area contributed by atoms with E-state index in [1.165, 1.54) is 26.4 Å². The molecule has 0 saturated carbocycles. The summed E-state index contributed by atoms with van der Waals surface area (Å²) in [6.07, 6.45) is 0. The maximum absolute atomic E-state index is 13.5. The summed E-state index contributed by atoms with van der Waals surface area (Å²) in [5.74, 6) is 0.612. The van der Waals surface area contributed by atoms with Crippen molar-refractivity contribution in [3.63, 3.8) is 0 Å². The van der Waals surface area contributed by atoms with Crippen molar-refractivity contribution in [1.82, 2.24) is 9.62 Å². The predicted octanol–water partition coefficient (Wildman–Crippen LogP) is 5.84. The normalized spacial score (nSPS) is 12.3. The zero-order valence-electron chi connectivity index (χ0n) is 19.8. The third-order valence-electron chi connectivity index (χ3n) is 5.40. The van der Waals surface area contributed by atoms with Gasteiger partial charge in [-0.1, -0.05) is 51.3 Å². The maximum Gasteiger partial charge on any atom is 0.243 e. The van der Waals surface area contributed by atoms with Crippen molar-refractivity contribution in [3.05, 3.63) is 86.3 Å². The van der Waals surface area contributed by atoms with Crippen molar-refractivity contribution in [1.29, 1.82) is 0 Å². The average Bonchev–Trinajstić information content (AvgIpc) is 2.85. The van der Waals surface area contributed by atoms with E-state index in [0.717, 1.165) is 14.3 Å². The van der Waals surface area contributed by atoms with E-state index < -0.39 is 28.5 Å². The summed E-state index contributed by atoms with van der Waals surface area (Å²) in [6, 6.07) is 15.9.